The average Bonchev–Trinajstić information content (AvgIpc) is 3.17. The zero-order valence-corrected chi connectivity index (χ0v) is 22.3. The molecule has 1 heterocycles. The number of carbonyl (C=O) groups excluding carboxylic acids is 1. The Hall–Kier alpha value is -1.92. The molecule has 2 aromatic carbocycles. The zero-order chi connectivity index (χ0) is 24.5. The summed E-state index contributed by atoms with van der Waals surface area (Å²) in [6.07, 6.45) is 5.40. The monoisotopic (exact) mass is 583 g/mol. The number of halogens is 2. The SMILES string of the molecule is CCc1ccc(-n2c(Br)nnc2SCC(=O)Nc2ccc(S(N)(=O)=O)cc2Cl)c2c1CCCC2. The summed E-state index contributed by atoms with van der Waals surface area (Å²) >= 11 is 10.9. The van der Waals surface area contributed by atoms with E-state index in [0.717, 1.165) is 31.4 Å². The minimum atomic E-state index is -3.88. The van der Waals surface area contributed by atoms with E-state index in [2.05, 4.69) is 50.5 Å². The van der Waals surface area contributed by atoms with Crippen LogP contribution in [-0.4, -0.2) is 34.8 Å². The van der Waals surface area contributed by atoms with Crippen LogP contribution in [0.2, 0.25) is 5.02 Å². The molecule has 4 rings (SSSR count). The number of hydrogen-bond donors (Lipinski definition) is 2. The Labute approximate surface area is 215 Å². The van der Waals surface area contributed by atoms with E-state index >= 15 is 0 Å². The molecule has 1 aromatic heterocycles. The molecule has 0 aliphatic heterocycles. The first-order chi connectivity index (χ1) is 16.2. The summed E-state index contributed by atoms with van der Waals surface area (Å²) in [6.45, 7) is 2.17. The van der Waals surface area contributed by atoms with Gasteiger partial charge in [0.2, 0.25) is 20.7 Å². The van der Waals surface area contributed by atoms with Crippen molar-refractivity contribution in [3.8, 4) is 5.69 Å². The molecule has 0 atom stereocenters. The van der Waals surface area contributed by atoms with E-state index in [0.29, 0.717) is 15.6 Å². The molecule has 180 valence electrons. The largest absolute Gasteiger partial charge is 0.324 e. The van der Waals surface area contributed by atoms with E-state index in [1.165, 1.54) is 53.1 Å². The highest BCUT2D eigenvalue weighted by Crippen LogP contribution is 2.34. The molecule has 1 amide bonds. The van der Waals surface area contributed by atoms with Gasteiger partial charge in [0, 0.05) is 0 Å². The Morgan fingerprint density at radius 2 is 1.94 bits per heavy atom. The van der Waals surface area contributed by atoms with Crippen molar-refractivity contribution in [1.29, 1.82) is 0 Å². The van der Waals surface area contributed by atoms with Crippen LogP contribution in [-0.2, 0) is 34.1 Å². The third-order valence-electron chi connectivity index (χ3n) is 5.70. The van der Waals surface area contributed by atoms with Gasteiger partial charge in [-0.15, -0.1) is 10.2 Å². The van der Waals surface area contributed by atoms with Crippen molar-refractivity contribution < 1.29 is 13.2 Å². The van der Waals surface area contributed by atoms with Crippen molar-refractivity contribution in [3.63, 3.8) is 0 Å². The van der Waals surface area contributed by atoms with Gasteiger partial charge in [0.1, 0.15) is 0 Å². The van der Waals surface area contributed by atoms with Crippen LogP contribution in [0.4, 0.5) is 5.69 Å². The second-order valence-corrected chi connectivity index (χ2v) is 11.5. The Morgan fingerprint density at radius 3 is 2.62 bits per heavy atom. The van der Waals surface area contributed by atoms with E-state index in [4.69, 9.17) is 16.7 Å². The zero-order valence-electron chi connectivity index (χ0n) is 18.3. The minimum Gasteiger partial charge on any atom is -0.324 e. The number of primary sulfonamides is 1. The molecule has 0 unspecified atom stereocenters. The van der Waals surface area contributed by atoms with Crippen molar-refractivity contribution in [1.82, 2.24) is 14.8 Å². The molecule has 0 saturated heterocycles. The molecule has 0 saturated carbocycles. The first-order valence-corrected chi connectivity index (χ1v) is 14.4. The summed E-state index contributed by atoms with van der Waals surface area (Å²) in [6, 6.07) is 8.18. The van der Waals surface area contributed by atoms with Crippen molar-refractivity contribution in [2.75, 3.05) is 11.1 Å². The lowest BCUT2D eigenvalue weighted by atomic mass is 9.86. The molecule has 0 fully saturated rings. The molecule has 34 heavy (non-hydrogen) atoms. The summed E-state index contributed by atoms with van der Waals surface area (Å²) in [7, 11) is -3.88. The maximum absolute atomic E-state index is 12.6. The van der Waals surface area contributed by atoms with Crippen LogP contribution in [0.5, 0.6) is 0 Å². The highest BCUT2D eigenvalue weighted by Gasteiger charge is 2.22. The van der Waals surface area contributed by atoms with Gasteiger partial charge in [0.05, 0.1) is 27.0 Å². The van der Waals surface area contributed by atoms with Crippen molar-refractivity contribution in [2.45, 2.75) is 49.1 Å². The van der Waals surface area contributed by atoms with Crippen LogP contribution in [0.1, 0.15) is 36.5 Å². The first-order valence-electron chi connectivity index (χ1n) is 10.7. The Kier molecular flexibility index (Phi) is 7.68. The second kappa shape index (κ2) is 10.4. The number of anilines is 1. The second-order valence-electron chi connectivity index (χ2n) is 7.87. The third kappa shape index (κ3) is 5.33. The van der Waals surface area contributed by atoms with Gasteiger partial charge in [-0.05, 0) is 89.0 Å². The van der Waals surface area contributed by atoms with E-state index in [1.807, 2.05) is 4.57 Å². The fourth-order valence-corrected chi connectivity index (χ4v) is 6.24. The molecule has 0 radical (unpaired) electrons. The number of carbonyl (C=O) groups is 1. The number of nitrogens with zero attached hydrogens (tertiary/aromatic N) is 3. The third-order valence-corrected chi connectivity index (χ3v) is 8.36. The number of hydrogen-bond acceptors (Lipinski definition) is 6. The normalized spacial score (nSPS) is 13.5. The maximum Gasteiger partial charge on any atom is 0.238 e. The smallest absolute Gasteiger partial charge is 0.238 e. The quantitative estimate of drug-likeness (QED) is 0.395. The number of fused-ring (bicyclic) bond motifs is 1. The van der Waals surface area contributed by atoms with Crippen LogP contribution in [0.3, 0.4) is 0 Å². The highest BCUT2D eigenvalue weighted by molar-refractivity contribution is 9.10. The van der Waals surface area contributed by atoms with Gasteiger partial charge < -0.3 is 5.32 Å². The van der Waals surface area contributed by atoms with Crippen LogP contribution in [0, 0.1) is 0 Å². The van der Waals surface area contributed by atoms with Crippen LogP contribution in [0.15, 0.2) is 45.1 Å². The number of thioether (sulfide) groups is 1. The number of sulfonamides is 1. The molecule has 1 aliphatic rings. The fraction of sp³-hybridized carbons (Fsp3) is 0.318. The lowest BCUT2D eigenvalue weighted by Crippen LogP contribution is -2.16. The molecule has 8 nitrogen and oxygen atoms in total. The number of nitrogens with one attached hydrogen (secondary N) is 1. The Balaban J connectivity index is 1.53. The molecular weight excluding hydrogens is 562 g/mol. The maximum atomic E-state index is 12.6. The predicted molar refractivity (Wildman–Crippen MR) is 137 cm³/mol. The van der Waals surface area contributed by atoms with Crippen LogP contribution < -0.4 is 10.5 Å². The van der Waals surface area contributed by atoms with E-state index in [-0.39, 0.29) is 21.6 Å². The number of aromatic nitrogens is 3. The summed E-state index contributed by atoms with van der Waals surface area (Å²) in [4.78, 5) is 12.5. The van der Waals surface area contributed by atoms with Gasteiger partial charge in [-0.1, -0.05) is 36.4 Å². The number of benzene rings is 2. The first kappa shape index (κ1) is 25.2. The van der Waals surface area contributed by atoms with Crippen LogP contribution in [0.25, 0.3) is 5.69 Å². The van der Waals surface area contributed by atoms with Crippen molar-refractivity contribution in [2.24, 2.45) is 5.14 Å². The van der Waals surface area contributed by atoms with Gasteiger partial charge >= 0.3 is 0 Å². The summed E-state index contributed by atoms with van der Waals surface area (Å²) in [5.41, 5.74) is 5.44. The van der Waals surface area contributed by atoms with Gasteiger partial charge in [0.15, 0.2) is 5.16 Å². The number of aryl methyl sites for hydroxylation is 1. The fourth-order valence-electron chi connectivity index (χ4n) is 4.10. The predicted octanol–water partition coefficient (Wildman–Crippen LogP) is 4.50. The van der Waals surface area contributed by atoms with E-state index in [9.17, 15) is 13.2 Å². The van der Waals surface area contributed by atoms with Crippen molar-refractivity contribution in [3.05, 3.63) is 56.8 Å². The number of amides is 1. The van der Waals surface area contributed by atoms with Gasteiger partial charge in [-0.25, -0.2) is 13.6 Å². The molecule has 0 bridgehead atoms. The number of rotatable bonds is 7. The van der Waals surface area contributed by atoms with Gasteiger partial charge in [-0.2, -0.15) is 0 Å². The van der Waals surface area contributed by atoms with E-state index in [1.54, 1.807) is 0 Å². The standard InChI is InChI=1S/C22H23BrClN5O3S2/c1-2-13-7-10-19(16-6-4-3-5-15(13)16)29-21(23)27-28-22(29)33-12-20(30)26-18-9-8-14(11-17(18)24)34(25,31)32/h7-11H,2-6,12H2,1H3,(H,26,30)(H2,25,31,32). The number of nitrogens with two attached hydrogens (primary N) is 1. The van der Waals surface area contributed by atoms with Crippen molar-refractivity contribution >= 4 is 60.9 Å². The van der Waals surface area contributed by atoms with Gasteiger partial charge in [0.25, 0.3) is 0 Å². The highest BCUT2D eigenvalue weighted by atomic mass is 79.9. The summed E-state index contributed by atoms with van der Waals surface area (Å²) < 4.78 is 25.4. The lowest BCUT2D eigenvalue weighted by molar-refractivity contribution is -0.113. The van der Waals surface area contributed by atoms with Gasteiger partial charge in [-0.3, -0.25) is 9.36 Å². The molecule has 3 N–H and O–H groups in total. The Morgan fingerprint density at radius 1 is 1.21 bits per heavy atom. The molecule has 0 spiro atoms. The molecule has 3 aromatic rings. The van der Waals surface area contributed by atoms with Crippen LogP contribution >= 0.6 is 39.3 Å². The summed E-state index contributed by atoms with van der Waals surface area (Å²) in [5.74, 6) is -0.252. The molecule has 12 heteroatoms. The molecular formula is C22H23BrClN5O3S2. The molecule has 1 aliphatic carbocycles. The Bertz CT molecular complexity index is 1360. The minimum absolute atomic E-state index is 0.0631. The topological polar surface area (TPSA) is 120 Å². The summed E-state index contributed by atoms with van der Waals surface area (Å²) in [5, 5.41) is 16.9. The average molecular weight is 585 g/mol. The lowest BCUT2D eigenvalue weighted by Gasteiger charge is -2.23. The van der Waals surface area contributed by atoms with E-state index < -0.39 is 10.0 Å².